The summed E-state index contributed by atoms with van der Waals surface area (Å²) in [6, 6.07) is 0. The Bertz CT molecular complexity index is 339. The van der Waals surface area contributed by atoms with E-state index in [9.17, 15) is 0 Å². The van der Waals surface area contributed by atoms with Crippen LogP contribution < -0.4 is 0 Å². The summed E-state index contributed by atoms with van der Waals surface area (Å²) >= 11 is 0. The number of ether oxygens (including phenoxy) is 6. The zero-order chi connectivity index (χ0) is 24.5. The molecule has 0 radical (unpaired) electrons. The maximum Gasteiger partial charge on any atom is 0.104 e. The lowest BCUT2D eigenvalue weighted by molar-refractivity contribution is -0.0606. The number of hydrogen-bond donors (Lipinski definition) is 1. The van der Waals surface area contributed by atoms with Gasteiger partial charge in [-0.15, -0.1) is 0 Å². The zero-order valence-electron chi connectivity index (χ0n) is 22.1. The number of aliphatic hydroxyl groups excluding tert-OH is 1. The molecule has 1 rings (SSSR count). The average Bonchev–Trinajstić information content (AvgIpc) is 3.61. The molecule has 0 saturated carbocycles. The zero-order valence-corrected chi connectivity index (χ0v) is 22.1. The molecule has 1 saturated heterocycles. The van der Waals surface area contributed by atoms with Gasteiger partial charge in [-0.3, -0.25) is 0 Å². The second kappa shape index (κ2) is 29.8. The van der Waals surface area contributed by atoms with Crippen LogP contribution in [0.15, 0.2) is 0 Å². The Hall–Kier alpha value is -0.280. The molecule has 1 heterocycles. The molecule has 1 aliphatic heterocycles. The van der Waals surface area contributed by atoms with Gasteiger partial charge in [0, 0.05) is 14.2 Å². The van der Waals surface area contributed by atoms with Gasteiger partial charge in [-0.05, 0) is 33.1 Å². The van der Waals surface area contributed by atoms with E-state index in [4.69, 9.17) is 33.5 Å². The lowest BCUT2D eigenvalue weighted by Crippen LogP contribution is -2.25. The van der Waals surface area contributed by atoms with Gasteiger partial charge < -0.3 is 33.5 Å². The van der Waals surface area contributed by atoms with E-state index >= 15 is 0 Å². The second-order valence-corrected chi connectivity index (χ2v) is 8.20. The first-order valence-electron chi connectivity index (χ1n) is 12.5. The molecule has 0 aliphatic carbocycles. The standard InChI is InChI=1S/C13H28O3.C6H12O3.C6H14O.CH4/c1-5-7-8-12(3)16-13(6-2)11-15-10-9-14-4;1-7-2-3-8-4-6-5-9-6;1-3-4-5-6(2)7;/h12-13H,5-11H2,1-4H3;6H,2-5H2,1H3;6-7H,3-5H2,1-2H3;1H4. The monoisotopic (exact) mass is 482 g/mol. The molecule has 0 aromatic carbocycles. The van der Waals surface area contributed by atoms with Crippen molar-refractivity contribution in [1.82, 2.24) is 0 Å². The molecule has 33 heavy (non-hydrogen) atoms. The average molecular weight is 483 g/mol. The van der Waals surface area contributed by atoms with E-state index in [-0.39, 0.29) is 19.6 Å². The molecular weight excluding hydrogens is 424 g/mol. The summed E-state index contributed by atoms with van der Waals surface area (Å²) in [6.45, 7) is 15.4. The summed E-state index contributed by atoms with van der Waals surface area (Å²) in [5.41, 5.74) is 0. The van der Waals surface area contributed by atoms with E-state index in [1.807, 2.05) is 6.92 Å². The molecule has 0 aromatic rings. The first-order chi connectivity index (χ1) is 15.4. The first kappa shape index (κ1) is 37.3. The Labute approximate surface area is 205 Å². The number of epoxide rings is 1. The van der Waals surface area contributed by atoms with E-state index in [1.165, 1.54) is 19.3 Å². The van der Waals surface area contributed by atoms with Gasteiger partial charge in [-0.1, -0.05) is 53.9 Å². The largest absolute Gasteiger partial charge is 0.393 e. The highest BCUT2D eigenvalue weighted by Crippen LogP contribution is 2.10. The summed E-state index contributed by atoms with van der Waals surface area (Å²) in [5.74, 6) is 0. The van der Waals surface area contributed by atoms with Gasteiger partial charge >= 0.3 is 0 Å². The van der Waals surface area contributed by atoms with Crippen molar-refractivity contribution in [3.63, 3.8) is 0 Å². The second-order valence-electron chi connectivity index (χ2n) is 8.20. The number of hydrogen-bond acceptors (Lipinski definition) is 7. The Morgan fingerprint density at radius 2 is 1.42 bits per heavy atom. The fourth-order valence-corrected chi connectivity index (χ4v) is 2.52. The smallest absolute Gasteiger partial charge is 0.104 e. The fraction of sp³-hybridized carbons (Fsp3) is 1.00. The van der Waals surface area contributed by atoms with Gasteiger partial charge in [-0.25, -0.2) is 0 Å². The summed E-state index contributed by atoms with van der Waals surface area (Å²) in [7, 11) is 3.35. The predicted molar refractivity (Wildman–Crippen MR) is 137 cm³/mol. The van der Waals surface area contributed by atoms with Crippen molar-refractivity contribution in [2.24, 2.45) is 0 Å². The van der Waals surface area contributed by atoms with Crippen molar-refractivity contribution >= 4 is 0 Å². The molecule has 1 fully saturated rings. The maximum atomic E-state index is 8.68. The minimum Gasteiger partial charge on any atom is -0.393 e. The van der Waals surface area contributed by atoms with E-state index < -0.39 is 0 Å². The topological polar surface area (TPSA) is 78.9 Å². The van der Waals surface area contributed by atoms with Crippen LogP contribution in [0.2, 0.25) is 0 Å². The van der Waals surface area contributed by atoms with Crippen LogP contribution in [0.25, 0.3) is 0 Å². The van der Waals surface area contributed by atoms with Crippen molar-refractivity contribution in [3.8, 4) is 0 Å². The summed E-state index contributed by atoms with van der Waals surface area (Å²) in [5, 5.41) is 8.68. The molecule has 4 atom stereocenters. The van der Waals surface area contributed by atoms with Crippen molar-refractivity contribution in [3.05, 3.63) is 0 Å². The first-order valence-corrected chi connectivity index (χ1v) is 12.5. The highest BCUT2D eigenvalue weighted by Gasteiger charge is 2.21. The molecule has 1 aliphatic rings. The molecule has 1 N–H and O–H groups in total. The Morgan fingerprint density at radius 3 is 1.85 bits per heavy atom. The van der Waals surface area contributed by atoms with E-state index in [0.29, 0.717) is 45.2 Å². The lowest BCUT2D eigenvalue weighted by Gasteiger charge is -2.21. The van der Waals surface area contributed by atoms with E-state index in [0.717, 1.165) is 38.9 Å². The van der Waals surface area contributed by atoms with Crippen LogP contribution in [-0.4, -0.2) is 90.0 Å². The third kappa shape index (κ3) is 34.0. The van der Waals surface area contributed by atoms with Gasteiger partial charge in [0.05, 0.1) is 64.6 Å². The van der Waals surface area contributed by atoms with Crippen LogP contribution in [0.4, 0.5) is 0 Å². The molecule has 0 aromatic heterocycles. The molecule has 0 spiro atoms. The van der Waals surface area contributed by atoms with Crippen LogP contribution in [0.3, 0.4) is 0 Å². The van der Waals surface area contributed by atoms with Crippen LogP contribution in [0.5, 0.6) is 0 Å². The number of aliphatic hydroxyl groups is 1. The van der Waals surface area contributed by atoms with Crippen LogP contribution in [0.1, 0.15) is 87.0 Å². The molecule has 0 amide bonds. The number of rotatable bonds is 19. The van der Waals surface area contributed by atoms with Crippen molar-refractivity contribution in [2.45, 2.75) is 111 Å². The van der Waals surface area contributed by atoms with Crippen LogP contribution >= 0.6 is 0 Å². The van der Waals surface area contributed by atoms with Crippen molar-refractivity contribution in [1.29, 1.82) is 0 Å². The van der Waals surface area contributed by atoms with E-state index in [2.05, 4.69) is 27.7 Å². The molecular formula is C26H58O7. The Morgan fingerprint density at radius 1 is 0.879 bits per heavy atom. The Balaban J connectivity index is -0.000000446. The molecule has 4 unspecified atom stereocenters. The van der Waals surface area contributed by atoms with E-state index in [1.54, 1.807) is 14.2 Å². The minimum absolute atomic E-state index is 0. The van der Waals surface area contributed by atoms with Crippen molar-refractivity contribution in [2.75, 3.05) is 60.5 Å². The van der Waals surface area contributed by atoms with Gasteiger partial charge in [-0.2, -0.15) is 0 Å². The molecule has 0 bridgehead atoms. The number of unbranched alkanes of at least 4 members (excludes halogenated alkanes) is 2. The normalized spacial score (nSPS) is 16.9. The summed E-state index contributed by atoms with van der Waals surface area (Å²) in [6.07, 6.45) is 8.76. The fourth-order valence-electron chi connectivity index (χ4n) is 2.52. The third-order valence-corrected chi connectivity index (χ3v) is 4.69. The lowest BCUT2D eigenvalue weighted by atomic mass is 10.2. The Kier molecular flexibility index (Phi) is 33.6. The number of methoxy groups -OCH3 is 2. The molecule has 7 nitrogen and oxygen atoms in total. The minimum atomic E-state index is -0.0973. The summed E-state index contributed by atoms with van der Waals surface area (Å²) < 4.78 is 31.2. The van der Waals surface area contributed by atoms with Gasteiger partial charge in [0.15, 0.2) is 0 Å². The highest BCUT2D eigenvalue weighted by molar-refractivity contribution is 4.66. The van der Waals surface area contributed by atoms with Crippen LogP contribution in [0, 0.1) is 0 Å². The SMILES string of the molecule is C.CCCCC(C)O.CCCCC(C)OC(CC)COCCOC.COCCOCC1CO1. The molecule has 7 heteroatoms. The predicted octanol–water partition coefficient (Wildman–Crippen LogP) is 5.27. The van der Waals surface area contributed by atoms with Gasteiger partial charge in [0.25, 0.3) is 0 Å². The molecule has 204 valence electrons. The quantitative estimate of drug-likeness (QED) is 0.199. The highest BCUT2D eigenvalue weighted by atomic mass is 16.6. The van der Waals surface area contributed by atoms with Gasteiger partial charge in [0.2, 0.25) is 0 Å². The summed E-state index contributed by atoms with van der Waals surface area (Å²) in [4.78, 5) is 0. The third-order valence-electron chi connectivity index (χ3n) is 4.69. The maximum absolute atomic E-state index is 8.68. The van der Waals surface area contributed by atoms with Crippen molar-refractivity contribution < 1.29 is 33.5 Å². The van der Waals surface area contributed by atoms with Crippen LogP contribution in [-0.2, 0) is 28.4 Å². The van der Waals surface area contributed by atoms with Gasteiger partial charge in [0.1, 0.15) is 6.10 Å².